The van der Waals surface area contributed by atoms with Gasteiger partial charge in [0.25, 0.3) is 5.91 Å². The van der Waals surface area contributed by atoms with Crippen LogP contribution in [0.5, 0.6) is 0 Å². The second-order valence-corrected chi connectivity index (χ2v) is 7.07. The highest BCUT2D eigenvalue weighted by Crippen LogP contribution is 2.51. The minimum Gasteiger partial charge on any atom is -0.350 e. The second-order valence-electron chi connectivity index (χ2n) is 7.07. The summed E-state index contributed by atoms with van der Waals surface area (Å²) in [5.74, 6) is -0.194. The first-order chi connectivity index (χ1) is 12.7. The minimum atomic E-state index is -0.197. The first kappa shape index (κ1) is 16.6. The van der Waals surface area contributed by atoms with E-state index < -0.39 is 0 Å². The largest absolute Gasteiger partial charge is 0.350 e. The van der Waals surface area contributed by atoms with E-state index in [-0.39, 0.29) is 29.0 Å². The molecule has 1 N–H and O–H groups in total. The maximum absolute atomic E-state index is 12.8. The number of hydrogen-bond donors (Lipinski definition) is 1. The highest BCUT2D eigenvalue weighted by atomic mass is 16.2. The normalized spacial score (nSPS) is 20.6. The van der Waals surface area contributed by atoms with Crippen molar-refractivity contribution in [1.29, 1.82) is 0 Å². The fourth-order valence-corrected chi connectivity index (χ4v) is 3.98. The molecule has 2 fully saturated rings. The lowest BCUT2D eigenvalue weighted by Crippen LogP contribution is -2.45. The first-order valence-electron chi connectivity index (χ1n) is 8.92. The zero-order valence-electron chi connectivity index (χ0n) is 14.5. The van der Waals surface area contributed by atoms with Gasteiger partial charge in [0.1, 0.15) is 0 Å². The van der Waals surface area contributed by atoms with Crippen LogP contribution in [0.4, 0.5) is 0 Å². The number of nitrogens with one attached hydrogen (secondary N) is 1. The van der Waals surface area contributed by atoms with Crippen LogP contribution in [0.3, 0.4) is 0 Å². The van der Waals surface area contributed by atoms with Crippen molar-refractivity contribution in [3.05, 3.63) is 54.4 Å². The summed E-state index contributed by atoms with van der Waals surface area (Å²) in [5, 5.41) is 2.99. The lowest BCUT2D eigenvalue weighted by Gasteiger charge is -2.41. The van der Waals surface area contributed by atoms with Crippen LogP contribution in [0.25, 0.3) is 0 Å². The van der Waals surface area contributed by atoms with Gasteiger partial charge in [0.15, 0.2) is 0 Å². The molecule has 2 amide bonds. The van der Waals surface area contributed by atoms with E-state index in [2.05, 4.69) is 20.3 Å². The topological polar surface area (TPSA) is 88.1 Å². The Balaban J connectivity index is 1.45. The molecule has 26 heavy (non-hydrogen) atoms. The molecule has 7 heteroatoms. The lowest BCUT2D eigenvalue weighted by molar-refractivity contribution is -0.129. The van der Waals surface area contributed by atoms with E-state index >= 15 is 0 Å². The third-order valence-electron chi connectivity index (χ3n) is 5.53. The van der Waals surface area contributed by atoms with Crippen LogP contribution in [0.1, 0.15) is 35.6 Å². The average Bonchev–Trinajstić information content (AvgIpc) is 3.08. The molecule has 1 aliphatic carbocycles. The van der Waals surface area contributed by atoms with E-state index in [0.717, 1.165) is 25.0 Å². The fraction of sp³-hybridized carbons (Fsp3) is 0.421. The molecular weight excluding hydrogens is 330 g/mol. The zero-order valence-corrected chi connectivity index (χ0v) is 14.5. The quantitative estimate of drug-likeness (QED) is 0.900. The highest BCUT2D eigenvalue weighted by molar-refractivity contribution is 5.91. The molecule has 1 aliphatic heterocycles. The van der Waals surface area contributed by atoms with Gasteiger partial charge in [0, 0.05) is 37.1 Å². The van der Waals surface area contributed by atoms with E-state index in [1.54, 1.807) is 29.6 Å². The summed E-state index contributed by atoms with van der Waals surface area (Å²) in [6, 6.07) is 7.32. The molecule has 4 rings (SSSR count). The number of aromatic nitrogens is 3. The number of pyridine rings is 1. The van der Waals surface area contributed by atoms with Crippen LogP contribution >= 0.6 is 0 Å². The molecule has 2 aromatic heterocycles. The second kappa shape index (κ2) is 6.82. The standard InChI is InChI=1S/C19H21N5O2/c25-17(23-11-14-5-1-2-8-20-14)15-12-24(13-19(15)6-3-7-19)18(26)16-21-9-4-10-22-16/h1-2,4-5,8-10,15H,3,6-7,11-13H2,(H,23,25). The Bertz CT molecular complexity index is 792. The Morgan fingerprint density at radius 3 is 2.54 bits per heavy atom. The summed E-state index contributed by atoms with van der Waals surface area (Å²) in [6.07, 6.45) is 7.90. The van der Waals surface area contributed by atoms with Crippen molar-refractivity contribution in [2.45, 2.75) is 25.8 Å². The Hall–Kier alpha value is -2.83. The van der Waals surface area contributed by atoms with Gasteiger partial charge in [-0.2, -0.15) is 0 Å². The van der Waals surface area contributed by atoms with Crippen LogP contribution in [0, 0.1) is 11.3 Å². The van der Waals surface area contributed by atoms with E-state index in [1.165, 1.54) is 0 Å². The van der Waals surface area contributed by atoms with Gasteiger partial charge < -0.3 is 10.2 Å². The molecule has 3 heterocycles. The number of nitrogens with zero attached hydrogens (tertiary/aromatic N) is 4. The molecule has 2 aliphatic rings. The number of likely N-dealkylation sites (tertiary alicyclic amines) is 1. The molecule has 1 unspecified atom stereocenters. The van der Waals surface area contributed by atoms with Crippen LogP contribution in [-0.4, -0.2) is 44.8 Å². The predicted molar refractivity (Wildman–Crippen MR) is 93.8 cm³/mol. The first-order valence-corrected chi connectivity index (χ1v) is 8.92. The molecular formula is C19H21N5O2. The summed E-state index contributed by atoms with van der Waals surface area (Å²) in [5.41, 5.74) is 0.727. The number of amides is 2. The van der Waals surface area contributed by atoms with Crippen LogP contribution in [0.2, 0.25) is 0 Å². The van der Waals surface area contributed by atoms with Crippen molar-refractivity contribution in [2.24, 2.45) is 11.3 Å². The lowest BCUT2D eigenvalue weighted by atomic mass is 9.62. The number of hydrogen-bond acceptors (Lipinski definition) is 5. The fourth-order valence-electron chi connectivity index (χ4n) is 3.98. The molecule has 1 atom stereocenters. The monoisotopic (exact) mass is 351 g/mol. The van der Waals surface area contributed by atoms with Crippen molar-refractivity contribution in [3.8, 4) is 0 Å². The number of carbonyl (C=O) groups excluding carboxylic acids is 2. The highest BCUT2D eigenvalue weighted by Gasteiger charge is 2.54. The molecule has 0 aromatic carbocycles. The maximum atomic E-state index is 12.8. The van der Waals surface area contributed by atoms with Gasteiger partial charge in [-0.05, 0) is 31.0 Å². The summed E-state index contributed by atoms with van der Waals surface area (Å²) in [4.78, 5) is 39.6. The van der Waals surface area contributed by atoms with Crippen molar-refractivity contribution >= 4 is 11.8 Å². The Kier molecular flexibility index (Phi) is 4.36. The SMILES string of the molecule is O=C(NCc1ccccn1)C1CN(C(=O)c2ncccn2)CC12CCC2. The number of rotatable bonds is 4. The molecule has 134 valence electrons. The van der Waals surface area contributed by atoms with Crippen LogP contribution in [0.15, 0.2) is 42.9 Å². The third kappa shape index (κ3) is 3.05. The number of carbonyl (C=O) groups is 2. The summed E-state index contributed by atoms with van der Waals surface area (Å²) >= 11 is 0. The Morgan fingerprint density at radius 2 is 1.88 bits per heavy atom. The summed E-state index contributed by atoms with van der Waals surface area (Å²) in [6.45, 7) is 1.43. The summed E-state index contributed by atoms with van der Waals surface area (Å²) in [7, 11) is 0. The van der Waals surface area contributed by atoms with E-state index in [1.807, 2.05) is 18.2 Å². The summed E-state index contributed by atoms with van der Waals surface area (Å²) < 4.78 is 0. The van der Waals surface area contributed by atoms with Crippen molar-refractivity contribution in [3.63, 3.8) is 0 Å². The van der Waals surface area contributed by atoms with E-state index in [0.29, 0.717) is 19.6 Å². The van der Waals surface area contributed by atoms with Gasteiger partial charge >= 0.3 is 0 Å². The van der Waals surface area contributed by atoms with Gasteiger partial charge in [-0.25, -0.2) is 9.97 Å². The third-order valence-corrected chi connectivity index (χ3v) is 5.53. The minimum absolute atomic E-state index is 0.000340. The molecule has 1 saturated heterocycles. The van der Waals surface area contributed by atoms with Gasteiger partial charge in [-0.1, -0.05) is 12.5 Å². The van der Waals surface area contributed by atoms with Crippen molar-refractivity contribution < 1.29 is 9.59 Å². The Morgan fingerprint density at radius 1 is 1.12 bits per heavy atom. The van der Waals surface area contributed by atoms with Crippen LogP contribution < -0.4 is 5.32 Å². The van der Waals surface area contributed by atoms with E-state index in [4.69, 9.17) is 0 Å². The molecule has 0 radical (unpaired) electrons. The van der Waals surface area contributed by atoms with Crippen LogP contribution in [-0.2, 0) is 11.3 Å². The predicted octanol–water partition coefficient (Wildman–Crippen LogP) is 1.43. The smallest absolute Gasteiger partial charge is 0.291 e. The molecule has 2 aromatic rings. The maximum Gasteiger partial charge on any atom is 0.291 e. The van der Waals surface area contributed by atoms with Crippen molar-refractivity contribution in [1.82, 2.24) is 25.2 Å². The van der Waals surface area contributed by atoms with Gasteiger partial charge in [-0.3, -0.25) is 14.6 Å². The molecule has 1 spiro atoms. The average molecular weight is 351 g/mol. The van der Waals surface area contributed by atoms with Gasteiger partial charge in [0.05, 0.1) is 18.2 Å². The van der Waals surface area contributed by atoms with Gasteiger partial charge in [0.2, 0.25) is 11.7 Å². The zero-order chi connectivity index (χ0) is 18.0. The molecule has 7 nitrogen and oxygen atoms in total. The molecule has 1 saturated carbocycles. The van der Waals surface area contributed by atoms with Gasteiger partial charge in [-0.15, -0.1) is 0 Å². The molecule has 0 bridgehead atoms. The van der Waals surface area contributed by atoms with Crippen molar-refractivity contribution in [2.75, 3.05) is 13.1 Å². The van der Waals surface area contributed by atoms with E-state index in [9.17, 15) is 9.59 Å². The Labute approximate surface area is 151 Å².